The quantitative estimate of drug-likeness (QED) is 0.911. The number of hydrogen-bond acceptors (Lipinski definition) is 3. The maximum absolute atomic E-state index is 6.84. The number of hydrogen-bond donors (Lipinski definition) is 1. The Bertz CT molecular complexity index is 651. The van der Waals surface area contributed by atoms with E-state index in [1.807, 2.05) is 62.4 Å². The maximum Gasteiger partial charge on any atom is 0.130 e. The fourth-order valence-corrected chi connectivity index (χ4v) is 3.00. The Balaban J connectivity index is 2.29. The second kappa shape index (κ2) is 4.25. The molecule has 0 aliphatic carbocycles. The lowest BCUT2D eigenvalue weighted by Crippen LogP contribution is -2.54. The second-order valence-corrected chi connectivity index (χ2v) is 5.62. The van der Waals surface area contributed by atoms with Crippen LogP contribution in [0.3, 0.4) is 0 Å². The zero-order valence-electron chi connectivity index (χ0n) is 12.0. The molecule has 104 valence electrons. The normalized spacial score (nSPS) is 23.0. The van der Waals surface area contributed by atoms with Crippen molar-refractivity contribution in [3.8, 4) is 11.5 Å². The van der Waals surface area contributed by atoms with Gasteiger partial charge in [-0.3, -0.25) is 0 Å². The standard InChI is InChI=1S/C17H19NO2/c1-16(2)17(18,12-8-4-6-10-14(12)19-3)13-9-5-7-11-15(13)20-16/h4-11H,18H2,1-3H3. The molecular weight excluding hydrogens is 250 g/mol. The highest BCUT2D eigenvalue weighted by molar-refractivity contribution is 5.56. The van der Waals surface area contributed by atoms with Crippen molar-refractivity contribution in [2.45, 2.75) is 25.0 Å². The Labute approximate surface area is 119 Å². The molecule has 0 amide bonds. The highest BCUT2D eigenvalue weighted by Gasteiger charge is 2.54. The minimum Gasteiger partial charge on any atom is -0.496 e. The minimum absolute atomic E-state index is 0.550. The Morgan fingerprint density at radius 1 is 0.950 bits per heavy atom. The van der Waals surface area contributed by atoms with E-state index in [4.69, 9.17) is 15.2 Å². The van der Waals surface area contributed by atoms with Crippen LogP contribution in [0.2, 0.25) is 0 Å². The van der Waals surface area contributed by atoms with Gasteiger partial charge in [0.25, 0.3) is 0 Å². The number of para-hydroxylation sites is 2. The van der Waals surface area contributed by atoms with E-state index in [0.717, 1.165) is 22.6 Å². The summed E-state index contributed by atoms with van der Waals surface area (Å²) in [5.41, 5.74) is 7.49. The third-order valence-corrected chi connectivity index (χ3v) is 4.16. The first kappa shape index (κ1) is 13.0. The Kier molecular flexibility index (Phi) is 2.76. The van der Waals surface area contributed by atoms with Crippen LogP contribution >= 0.6 is 0 Å². The predicted octanol–water partition coefficient (Wildman–Crippen LogP) is 3.07. The number of benzene rings is 2. The molecule has 1 unspecified atom stereocenters. The van der Waals surface area contributed by atoms with Crippen molar-refractivity contribution >= 4 is 0 Å². The van der Waals surface area contributed by atoms with Crippen molar-refractivity contribution in [1.82, 2.24) is 0 Å². The van der Waals surface area contributed by atoms with Crippen LogP contribution in [0.5, 0.6) is 11.5 Å². The van der Waals surface area contributed by atoms with E-state index in [9.17, 15) is 0 Å². The van der Waals surface area contributed by atoms with Crippen molar-refractivity contribution in [2.75, 3.05) is 7.11 Å². The van der Waals surface area contributed by atoms with Crippen molar-refractivity contribution in [2.24, 2.45) is 5.73 Å². The molecule has 0 fully saturated rings. The summed E-state index contributed by atoms with van der Waals surface area (Å²) in [6, 6.07) is 15.8. The molecule has 1 aliphatic heterocycles. The fraction of sp³-hybridized carbons (Fsp3) is 0.294. The van der Waals surface area contributed by atoms with E-state index >= 15 is 0 Å². The molecule has 3 nitrogen and oxygen atoms in total. The van der Waals surface area contributed by atoms with Crippen molar-refractivity contribution < 1.29 is 9.47 Å². The summed E-state index contributed by atoms with van der Waals surface area (Å²) in [4.78, 5) is 0. The molecule has 20 heavy (non-hydrogen) atoms. The number of fused-ring (bicyclic) bond motifs is 1. The van der Waals surface area contributed by atoms with Crippen LogP contribution in [0.15, 0.2) is 48.5 Å². The molecule has 3 heteroatoms. The molecule has 2 aromatic carbocycles. The van der Waals surface area contributed by atoms with Gasteiger partial charge in [0.1, 0.15) is 22.6 Å². The van der Waals surface area contributed by atoms with Crippen LogP contribution in [-0.4, -0.2) is 12.7 Å². The van der Waals surface area contributed by atoms with Crippen LogP contribution in [-0.2, 0) is 5.54 Å². The molecule has 0 radical (unpaired) electrons. The average molecular weight is 269 g/mol. The van der Waals surface area contributed by atoms with E-state index in [2.05, 4.69) is 0 Å². The molecule has 1 heterocycles. The first-order chi connectivity index (χ1) is 9.50. The lowest BCUT2D eigenvalue weighted by atomic mass is 9.74. The monoisotopic (exact) mass is 269 g/mol. The van der Waals surface area contributed by atoms with Gasteiger partial charge in [0, 0.05) is 11.1 Å². The summed E-state index contributed by atoms with van der Waals surface area (Å²) in [5.74, 6) is 1.62. The third-order valence-electron chi connectivity index (χ3n) is 4.16. The molecule has 1 aliphatic rings. The number of nitrogens with two attached hydrogens (primary N) is 1. The highest BCUT2D eigenvalue weighted by Crippen LogP contribution is 2.51. The van der Waals surface area contributed by atoms with Gasteiger partial charge >= 0.3 is 0 Å². The van der Waals surface area contributed by atoms with E-state index in [0.29, 0.717) is 0 Å². The van der Waals surface area contributed by atoms with Crippen LogP contribution in [0, 0.1) is 0 Å². The van der Waals surface area contributed by atoms with Gasteiger partial charge in [-0.1, -0.05) is 36.4 Å². The largest absolute Gasteiger partial charge is 0.496 e. The molecule has 2 aromatic rings. The third kappa shape index (κ3) is 1.56. The van der Waals surface area contributed by atoms with Crippen LogP contribution < -0.4 is 15.2 Å². The van der Waals surface area contributed by atoms with Gasteiger partial charge in [-0.05, 0) is 26.0 Å². The average Bonchev–Trinajstić information content (AvgIpc) is 2.67. The number of rotatable bonds is 2. The van der Waals surface area contributed by atoms with Gasteiger partial charge < -0.3 is 15.2 Å². The summed E-state index contributed by atoms with van der Waals surface area (Å²) in [5, 5.41) is 0. The number of ether oxygens (including phenoxy) is 2. The highest BCUT2D eigenvalue weighted by atomic mass is 16.5. The van der Waals surface area contributed by atoms with E-state index in [-0.39, 0.29) is 0 Å². The number of methoxy groups -OCH3 is 1. The predicted molar refractivity (Wildman–Crippen MR) is 79.1 cm³/mol. The molecule has 0 spiro atoms. The Hall–Kier alpha value is -2.00. The Morgan fingerprint density at radius 3 is 2.25 bits per heavy atom. The van der Waals surface area contributed by atoms with Crippen LogP contribution in [0.25, 0.3) is 0 Å². The van der Waals surface area contributed by atoms with E-state index in [1.54, 1.807) is 7.11 Å². The SMILES string of the molecule is COc1ccccc1C1(N)c2ccccc2OC1(C)C. The molecule has 2 N–H and O–H groups in total. The summed E-state index contributed by atoms with van der Waals surface area (Å²) in [6.45, 7) is 4.03. The molecule has 0 saturated carbocycles. The molecule has 0 saturated heterocycles. The molecule has 0 bridgehead atoms. The van der Waals surface area contributed by atoms with Gasteiger partial charge in [-0.25, -0.2) is 0 Å². The second-order valence-electron chi connectivity index (χ2n) is 5.62. The first-order valence-corrected chi connectivity index (χ1v) is 6.71. The molecule has 0 aromatic heterocycles. The van der Waals surface area contributed by atoms with Crippen LogP contribution in [0.1, 0.15) is 25.0 Å². The summed E-state index contributed by atoms with van der Waals surface area (Å²) in [7, 11) is 1.66. The lowest BCUT2D eigenvalue weighted by molar-refractivity contribution is 0.0743. The smallest absolute Gasteiger partial charge is 0.130 e. The van der Waals surface area contributed by atoms with Gasteiger partial charge in [0.2, 0.25) is 0 Å². The van der Waals surface area contributed by atoms with E-state index < -0.39 is 11.1 Å². The van der Waals surface area contributed by atoms with Gasteiger partial charge in [0.15, 0.2) is 0 Å². The van der Waals surface area contributed by atoms with Crippen molar-refractivity contribution in [3.05, 3.63) is 59.7 Å². The topological polar surface area (TPSA) is 44.5 Å². The molecular formula is C17H19NO2. The lowest BCUT2D eigenvalue weighted by Gasteiger charge is -2.37. The van der Waals surface area contributed by atoms with Gasteiger partial charge in [-0.2, -0.15) is 0 Å². The van der Waals surface area contributed by atoms with Crippen molar-refractivity contribution in [3.63, 3.8) is 0 Å². The fourth-order valence-electron chi connectivity index (χ4n) is 3.00. The zero-order valence-corrected chi connectivity index (χ0v) is 12.0. The van der Waals surface area contributed by atoms with Gasteiger partial charge in [0.05, 0.1) is 7.11 Å². The molecule has 1 atom stereocenters. The van der Waals surface area contributed by atoms with Crippen molar-refractivity contribution in [1.29, 1.82) is 0 Å². The van der Waals surface area contributed by atoms with E-state index in [1.165, 1.54) is 0 Å². The summed E-state index contributed by atoms with van der Waals surface area (Å²) >= 11 is 0. The molecule has 3 rings (SSSR count). The minimum atomic E-state index is -0.740. The van der Waals surface area contributed by atoms with Crippen LogP contribution in [0.4, 0.5) is 0 Å². The summed E-state index contributed by atoms with van der Waals surface area (Å²) < 4.78 is 11.6. The Morgan fingerprint density at radius 2 is 1.55 bits per heavy atom. The van der Waals surface area contributed by atoms with Gasteiger partial charge in [-0.15, -0.1) is 0 Å². The first-order valence-electron chi connectivity index (χ1n) is 6.71. The zero-order chi connectivity index (χ0) is 14.4. The summed E-state index contributed by atoms with van der Waals surface area (Å²) in [6.07, 6.45) is 0. The maximum atomic E-state index is 6.84.